The molecule has 0 aromatic heterocycles. The molecule has 6 heteroatoms. The maximum atomic E-state index is 12.7. The average Bonchev–Trinajstić information content (AvgIpc) is 3.55. The number of nitrogens with zero attached hydrogens (tertiary/aromatic N) is 3. The largest absolute Gasteiger partial charge is 0.335 e. The van der Waals surface area contributed by atoms with Gasteiger partial charge in [0.1, 0.15) is 0 Å². The predicted octanol–water partition coefficient (Wildman–Crippen LogP) is 2.75. The lowest BCUT2D eigenvalue weighted by Crippen LogP contribution is -2.46. The van der Waals surface area contributed by atoms with Crippen LogP contribution < -0.4 is 0 Å². The Labute approximate surface area is 155 Å². The van der Waals surface area contributed by atoms with E-state index in [1.165, 1.54) is 44.1 Å². The summed E-state index contributed by atoms with van der Waals surface area (Å²) >= 11 is 0. The van der Waals surface area contributed by atoms with Crippen LogP contribution in [0.2, 0.25) is 0 Å². The Morgan fingerprint density at radius 2 is 1.69 bits per heavy atom. The minimum atomic E-state index is -0.662. The van der Waals surface area contributed by atoms with Gasteiger partial charge in [-0.25, -0.2) is 9.69 Å². The molecule has 0 radical (unpaired) electrons. The van der Waals surface area contributed by atoms with Crippen molar-refractivity contribution in [3.05, 3.63) is 11.6 Å². The number of carbonyl (C=O) groups is 3. The van der Waals surface area contributed by atoms with Crippen LogP contribution in [0.4, 0.5) is 4.79 Å². The highest BCUT2D eigenvalue weighted by atomic mass is 16.2. The van der Waals surface area contributed by atoms with Crippen molar-refractivity contribution in [1.82, 2.24) is 14.7 Å². The quantitative estimate of drug-likeness (QED) is 0.380. The summed E-state index contributed by atoms with van der Waals surface area (Å²) in [6.45, 7) is 0.560. The number of amides is 4. The van der Waals surface area contributed by atoms with Gasteiger partial charge >= 0.3 is 17.8 Å². The van der Waals surface area contributed by atoms with Gasteiger partial charge in [0.15, 0.2) is 0 Å². The zero-order valence-corrected chi connectivity index (χ0v) is 15.7. The molecule has 0 N–H and O–H groups in total. The van der Waals surface area contributed by atoms with Gasteiger partial charge in [0, 0.05) is 12.6 Å². The van der Waals surface area contributed by atoms with Crippen LogP contribution in [-0.2, 0) is 9.59 Å². The molecule has 3 aliphatic carbocycles. The number of rotatable bonds is 8. The van der Waals surface area contributed by atoms with Crippen LogP contribution in [-0.4, -0.2) is 58.8 Å². The van der Waals surface area contributed by atoms with E-state index in [4.69, 9.17) is 0 Å². The van der Waals surface area contributed by atoms with Crippen LogP contribution in [0.5, 0.6) is 0 Å². The molecule has 1 saturated heterocycles. The Hall–Kier alpha value is -1.69. The molecule has 4 aliphatic rings. The smallest absolute Gasteiger partial charge is 0.285 e. The number of hydrogen-bond acceptors (Lipinski definition) is 4. The first-order valence-corrected chi connectivity index (χ1v) is 10.1. The Morgan fingerprint density at radius 3 is 2.27 bits per heavy atom. The van der Waals surface area contributed by atoms with Crippen LogP contribution >= 0.6 is 0 Å². The van der Waals surface area contributed by atoms with Gasteiger partial charge in [0.05, 0.1) is 6.67 Å². The first kappa shape index (κ1) is 17.7. The Morgan fingerprint density at radius 1 is 1.04 bits per heavy atom. The topological polar surface area (TPSA) is 60.9 Å². The first-order valence-electron chi connectivity index (χ1n) is 10.1. The molecular formula is C20H29N3O3. The van der Waals surface area contributed by atoms with Gasteiger partial charge in [-0.2, -0.15) is 0 Å². The number of imide groups is 2. The van der Waals surface area contributed by atoms with Crippen LogP contribution in [0, 0.1) is 11.8 Å². The highest BCUT2D eigenvalue weighted by Gasteiger charge is 2.48. The van der Waals surface area contributed by atoms with Gasteiger partial charge in [-0.05, 0) is 76.7 Å². The van der Waals surface area contributed by atoms with Gasteiger partial charge < -0.3 is 0 Å². The molecule has 6 nitrogen and oxygen atoms in total. The Kier molecular flexibility index (Phi) is 4.86. The maximum absolute atomic E-state index is 12.7. The molecule has 4 amide bonds. The summed E-state index contributed by atoms with van der Waals surface area (Å²) in [5.74, 6) is 0.0784. The third kappa shape index (κ3) is 3.56. The molecule has 0 atom stereocenters. The van der Waals surface area contributed by atoms with Crippen molar-refractivity contribution in [2.45, 2.75) is 63.8 Å². The first-order chi connectivity index (χ1) is 12.6. The van der Waals surface area contributed by atoms with E-state index in [2.05, 4.69) is 11.0 Å². The molecule has 0 aromatic carbocycles. The van der Waals surface area contributed by atoms with E-state index in [1.807, 2.05) is 7.05 Å². The molecule has 0 bridgehead atoms. The van der Waals surface area contributed by atoms with Gasteiger partial charge in [-0.3, -0.25) is 19.4 Å². The van der Waals surface area contributed by atoms with Crippen LogP contribution in [0.25, 0.3) is 0 Å². The highest BCUT2D eigenvalue weighted by Crippen LogP contribution is 2.46. The standard InChI is InChI=1S/C20H29N3O3/c1-21(17(15-7-8-15)16-9-10-16)13-23-19(25)18(24)22(20(23)26)12-11-14-5-3-2-4-6-14/h5,15-17H,2-4,6-13H2,1H3. The second-order valence-electron chi connectivity index (χ2n) is 8.39. The van der Waals surface area contributed by atoms with E-state index >= 15 is 0 Å². The van der Waals surface area contributed by atoms with Crippen molar-refractivity contribution in [1.29, 1.82) is 0 Å². The maximum Gasteiger partial charge on any atom is 0.335 e. The number of allylic oxidation sites excluding steroid dienone is 1. The van der Waals surface area contributed by atoms with Crippen LogP contribution in [0.15, 0.2) is 11.6 Å². The summed E-state index contributed by atoms with van der Waals surface area (Å²) < 4.78 is 0. The minimum Gasteiger partial charge on any atom is -0.285 e. The fourth-order valence-corrected chi connectivity index (χ4v) is 4.56. The SMILES string of the molecule is CN(CN1C(=O)C(=O)N(CCC2=CCCCC2)C1=O)C(C1CC1)C1CC1. The lowest BCUT2D eigenvalue weighted by molar-refractivity contribution is -0.144. The second kappa shape index (κ2) is 7.14. The van der Waals surface area contributed by atoms with Gasteiger partial charge in [-0.1, -0.05) is 11.6 Å². The summed E-state index contributed by atoms with van der Waals surface area (Å²) in [5, 5.41) is 0. The van der Waals surface area contributed by atoms with Crippen molar-refractivity contribution in [2.24, 2.45) is 11.8 Å². The summed E-state index contributed by atoms with van der Waals surface area (Å²) in [6, 6.07) is 0.0146. The van der Waals surface area contributed by atoms with Crippen molar-refractivity contribution in [2.75, 3.05) is 20.3 Å². The molecule has 4 rings (SSSR count). The molecule has 2 saturated carbocycles. The summed E-state index contributed by atoms with van der Waals surface area (Å²) in [7, 11) is 1.99. The third-order valence-corrected chi connectivity index (χ3v) is 6.26. The average molecular weight is 359 g/mol. The monoisotopic (exact) mass is 359 g/mol. The predicted molar refractivity (Wildman–Crippen MR) is 97.0 cm³/mol. The van der Waals surface area contributed by atoms with Crippen LogP contribution in [0.3, 0.4) is 0 Å². The number of carbonyl (C=O) groups excluding carboxylic acids is 3. The highest BCUT2D eigenvalue weighted by molar-refractivity contribution is 6.44. The summed E-state index contributed by atoms with van der Waals surface area (Å²) in [5.41, 5.74) is 1.31. The molecule has 142 valence electrons. The molecule has 0 unspecified atom stereocenters. The minimum absolute atomic E-state index is 0.236. The van der Waals surface area contributed by atoms with Crippen molar-refractivity contribution in [3.8, 4) is 0 Å². The van der Waals surface area contributed by atoms with E-state index in [0.29, 0.717) is 30.8 Å². The molecule has 0 spiro atoms. The summed E-state index contributed by atoms with van der Waals surface area (Å²) in [4.78, 5) is 41.8. The zero-order valence-electron chi connectivity index (χ0n) is 15.7. The van der Waals surface area contributed by atoms with Crippen LogP contribution in [0.1, 0.15) is 57.8 Å². The number of hydrogen-bond donors (Lipinski definition) is 0. The van der Waals surface area contributed by atoms with Crippen molar-refractivity contribution in [3.63, 3.8) is 0 Å². The Bertz CT molecular complexity index is 624. The lowest BCUT2D eigenvalue weighted by atomic mass is 9.97. The van der Waals surface area contributed by atoms with Gasteiger partial charge in [-0.15, -0.1) is 0 Å². The molecule has 1 aliphatic heterocycles. The van der Waals surface area contributed by atoms with Crippen molar-refractivity contribution >= 4 is 17.8 Å². The van der Waals surface area contributed by atoms with Gasteiger partial charge in [0.2, 0.25) is 0 Å². The fraction of sp³-hybridized carbons (Fsp3) is 0.750. The molecule has 26 heavy (non-hydrogen) atoms. The summed E-state index contributed by atoms with van der Waals surface area (Å²) in [6.07, 6.45) is 12.4. The lowest BCUT2D eigenvalue weighted by Gasteiger charge is -2.30. The molecule has 0 aromatic rings. The zero-order chi connectivity index (χ0) is 18.3. The molecule has 3 fully saturated rings. The number of urea groups is 1. The second-order valence-corrected chi connectivity index (χ2v) is 8.39. The van der Waals surface area contributed by atoms with E-state index in [0.717, 1.165) is 22.6 Å². The van der Waals surface area contributed by atoms with Crippen molar-refractivity contribution < 1.29 is 14.4 Å². The fourth-order valence-electron chi connectivity index (χ4n) is 4.56. The molecule has 1 heterocycles. The van der Waals surface area contributed by atoms with E-state index in [9.17, 15) is 14.4 Å². The normalized spacial score (nSPS) is 24.3. The third-order valence-electron chi connectivity index (χ3n) is 6.26. The van der Waals surface area contributed by atoms with Gasteiger partial charge in [0.25, 0.3) is 0 Å². The van der Waals surface area contributed by atoms with E-state index < -0.39 is 17.8 Å². The van der Waals surface area contributed by atoms with E-state index in [-0.39, 0.29) is 6.67 Å². The van der Waals surface area contributed by atoms with E-state index in [1.54, 1.807) is 0 Å². The Balaban J connectivity index is 1.37. The molecular weight excluding hydrogens is 330 g/mol.